The Bertz CT molecular complexity index is 851. The fourth-order valence-electron chi connectivity index (χ4n) is 6.35. The van der Waals surface area contributed by atoms with Gasteiger partial charge >= 0.3 is 5.97 Å². The van der Waals surface area contributed by atoms with Gasteiger partial charge in [0.1, 0.15) is 5.75 Å². The Labute approximate surface area is 201 Å². The summed E-state index contributed by atoms with van der Waals surface area (Å²) >= 11 is 0. The van der Waals surface area contributed by atoms with Crippen LogP contribution in [0.2, 0.25) is 0 Å². The molecule has 2 saturated carbocycles. The molecule has 2 heteroatoms. The van der Waals surface area contributed by atoms with Crippen LogP contribution in [0.3, 0.4) is 0 Å². The molecule has 0 spiro atoms. The minimum absolute atomic E-state index is 0.271. The first-order valence-electron chi connectivity index (χ1n) is 13.6. The second kappa shape index (κ2) is 11.9. The molecule has 2 fully saturated rings. The summed E-state index contributed by atoms with van der Waals surface area (Å²) in [6.45, 7) is 4.50. The number of ether oxygens (including phenoxy) is 1. The first-order chi connectivity index (χ1) is 16.2. The standard InChI is InChI=1S/C31H42O2/c1-3-5-23-7-11-25(12-8-23)26-13-15-27(16-14-26)28-17-19-29(20-18-28)31(32)33-30-21-9-24(6-4-2)10-22-30/h9-10,17-23,25-27H,3-8,11-16H2,1-2H3/t23-,25-,26-,27-. The fraction of sp³-hybridized carbons (Fsp3) is 0.581. The van der Waals surface area contributed by atoms with Crippen molar-refractivity contribution in [1.29, 1.82) is 0 Å². The second-order valence-corrected chi connectivity index (χ2v) is 10.6. The number of hydrogen-bond acceptors (Lipinski definition) is 2. The van der Waals surface area contributed by atoms with Crippen molar-refractivity contribution in [2.24, 2.45) is 17.8 Å². The van der Waals surface area contributed by atoms with E-state index < -0.39 is 0 Å². The van der Waals surface area contributed by atoms with E-state index in [9.17, 15) is 4.79 Å². The average Bonchev–Trinajstić information content (AvgIpc) is 2.86. The Morgan fingerprint density at radius 2 is 1.36 bits per heavy atom. The van der Waals surface area contributed by atoms with Crippen molar-refractivity contribution < 1.29 is 9.53 Å². The zero-order chi connectivity index (χ0) is 23.0. The molecule has 0 heterocycles. The number of carbonyl (C=O) groups is 1. The Hall–Kier alpha value is -2.09. The number of carbonyl (C=O) groups excluding carboxylic acids is 1. The number of rotatable bonds is 8. The van der Waals surface area contributed by atoms with Gasteiger partial charge in [0.15, 0.2) is 0 Å². The minimum Gasteiger partial charge on any atom is -0.423 e. The van der Waals surface area contributed by atoms with E-state index in [0.29, 0.717) is 17.2 Å². The molecule has 178 valence electrons. The lowest BCUT2D eigenvalue weighted by atomic mass is 9.68. The summed E-state index contributed by atoms with van der Waals surface area (Å²) in [6, 6.07) is 16.1. The van der Waals surface area contributed by atoms with E-state index in [2.05, 4.69) is 26.0 Å². The molecule has 0 radical (unpaired) electrons. The predicted molar refractivity (Wildman–Crippen MR) is 137 cm³/mol. The van der Waals surface area contributed by atoms with Crippen LogP contribution >= 0.6 is 0 Å². The van der Waals surface area contributed by atoms with E-state index in [1.807, 2.05) is 36.4 Å². The van der Waals surface area contributed by atoms with Gasteiger partial charge in [-0.1, -0.05) is 70.2 Å². The largest absolute Gasteiger partial charge is 0.423 e. The van der Waals surface area contributed by atoms with Gasteiger partial charge in [-0.3, -0.25) is 0 Å². The highest BCUT2D eigenvalue weighted by atomic mass is 16.5. The van der Waals surface area contributed by atoms with Gasteiger partial charge in [0, 0.05) is 0 Å². The van der Waals surface area contributed by atoms with E-state index >= 15 is 0 Å². The van der Waals surface area contributed by atoms with Gasteiger partial charge in [-0.2, -0.15) is 0 Å². The number of aryl methyl sites for hydroxylation is 1. The second-order valence-electron chi connectivity index (χ2n) is 10.6. The Balaban J connectivity index is 1.25. The maximum atomic E-state index is 12.6. The third kappa shape index (κ3) is 6.49. The molecule has 0 aliphatic heterocycles. The lowest BCUT2D eigenvalue weighted by Crippen LogP contribution is -2.25. The molecule has 33 heavy (non-hydrogen) atoms. The molecule has 2 aromatic rings. The first-order valence-corrected chi connectivity index (χ1v) is 13.6. The number of benzene rings is 2. The monoisotopic (exact) mass is 446 g/mol. The van der Waals surface area contributed by atoms with Crippen molar-refractivity contribution in [2.75, 3.05) is 0 Å². The summed E-state index contributed by atoms with van der Waals surface area (Å²) in [5.74, 6) is 3.93. The van der Waals surface area contributed by atoms with Gasteiger partial charge in [0.05, 0.1) is 5.56 Å². The van der Waals surface area contributed by atoms with Crippen LogP contribution in [0, 0.1) is 17.8 Å². The molecule has 2 nitrogen and oxygen atoms in total. The molecule has 2 aromatic carbocycles. The van der Waals surface area contributed by atoms with Crippen LogP contribution in [0.4, 0.5) is 0 Å². The highest BCUT2D eigenvalue weighted by molar-refractivity contribution is 5.91. The van der Waals surface area contributed by atoms with E-state index in [0.717, 1.165) is 30.6 Å². The van der Waals surface area contributed by atoms with E-state index in [-0.39, 0.29) is 5.97 Å². The summed E-state index contributed by atoms with van der Waals surface area (Å²) in [5, 5.41) is 0. The Morgan fingerprint density at radius 3 is 1.94 bits per heavy atom. The van der Waals surface area contributed by atoms with Crippen LogP contribution < -0.4 is 4.74 Å². The van der Waals surface area contributed by atoms with E-state index in [1.54, 1.807) is 0 Å². The topological polar surface area (TPSA) is 26.3 Å². The van der Waals surface area contributed by atoms with Crippen molar-refractivity contribution in [3.63, 3.8) is 0 Å². The van der Waals surface area contributed by atoms with Crippen molar-refractivity contribution in [3.8, 4) is 5.75 Å². The molecule has 0 unspecified atom stereocenters. The lowest BCUT2D eigenvalue weighted by Gasteiger charge is -2.38. The van der Waals surface area contributed by atoms with Crippen molar-refractivity contribution in [2.45, 2.75) is 96.8 Å². The van der Waals surface area contributed by atoms with Crippen LogP contribution in [0.1, 0.15) is 112 Å². The summed E-state index contributed by atoms with van der Waals surface area (Å²) in [6.07, 6.45) is 16.2. The molecule has 0 amide bonds. The predicted octanol–water partition coefficient (Wildman–Crippen LogP) is 8.74. The van der Waals surface area contributed by atoms with Gasteiger partial charge in [0.2, 0.25) is 0 Å². The van der Waals surface area contributed by atoms with Crippen LogP contribution in [0.5, 0.6) is 5.75 Å². The molecular formula is C31H42O2. The number of esters is 1. The lowest BCUT2D eigenvalue weighted by molar-refractivity contribution is 0.0734. The van der Waals surface area contributed by atoms with Crippen LogP contribution in [-0.2, 0) is 6.42 Å². The molecule has 2 aliphatic rings. The Kier molecular flexibility index (Phi) is 8.64. The van der Waals surface area contributed by atoms with Crippen molar-refractivity contribution >= 4 is 5.97 Å². The minimum atomic E-state index is -0.271. The van der Waals surface area contributed by atoms with E-state index in [4.69, 9.17) is 4.74 Å². The molecule has 0 atom stereocenters. The quantitative estimate of drug-likeness (QED) is 0.299. The highest BCUT2D eigenvalue weighted by Gasteiger charge is 2.31. The summed E-state index contributed by atoms with van der Waals surface area (Å²) in [5.41, 5.74) is 3.30. The SMILES string of the molecule is CCCc1ccc(OC(=O)c2ccc([C@H]3CC[C@H]([C@H]4CC[C@H](CCC)CC4)CC3)cc2)cc1. The average molecular weight is 447 g/mol. The maximum Gasteiger partial charge on any atom is 0.343 e. The Morgan fingerprint density at radius 1 is 0.758 bits per heavy atom. The summed E-state index contributed by atoms with van der Waals surface area (Å²) < 4.78 is 5.58. The molecule has 2 aliphatic carbocycles. The van der Waals surface area contributed by atoms with E-state index in [1.165, 1.54) is 75.3 Å². The molecule has 4 rings (SSSR count). The van der Waals surface area contributed by atoms with Crippen molar-refractivity contribution in [1.82, 2.24) is 0 Å². The van der Waals surface area contributed by atoms with Gasteiger partial charge in [0.25, 0.3) is 0 Å². The normalized spacial score (nSPS) is 25.5. The fourth-order valence-corrected chi connectivity index (χ4v) is 6.35. The summed E-state index contributed by atoms with van der Waals surface area (Å²) in [7, 11) is 0. The molecule has 0 aromatic heterocycles. The zero-order valence-corrected chi connectivity index (χ0v) is 20.7. The maximum absolute atomic E-state index is 12.6. The van der Waals surface area contributed by atoms with Gasteiger partial charge in [-0.05, 0) is 104 Å². The first kappa shape index (κ1) is 24.0. The zero-order valence-electron chi connectivity index (χ0n) is 20.7. The van der Waals surface area contributed by atoms with Gasteiger partial charge in [-0.15, -0.1) is 0 Å². The molecule has 0 saturated heterocycles. The molecular weight excluding hydrogens is 404 g/mol. The van der Waals surface area contributed by atoms with Crippen LogP contribution in [0.25, 0.3) is 0 Å². The van der Waals surface area contributed by atoms with Crippen LogP contribution in [-0.4, -0.2) is 5.97 Å². The molecule has 0 bridgehead atoms. The highest BCUT2D eigenvalue weighted by Crippen LogP contribution is 2.44. The van der Waals surface area contributed by atoms with Gasteiger partial charge in [-0.25, -0.2) is 4.79 Å². The molecule has 0 N–H and O–H groups in total. The summed E-state index contributed by atoms with van der Waals surface area (Å²) in [4.78, 5) is 12.6. The van der Waals surface area contributed by atoms with Gasteiger partial charge < -0.3 is 4.74 Å². The third-order valence-electron chi connectivity index (χ3n) is 8.32. The third-order valence-corrected chi connectivity index (χ3v) is 8.32. The number of hydrogen-bond donors (Lipinski definition) is 0. The smallest absolute Gasteiger partial charge is 0.343 e. The van der Waals surface area contributed by atoms with Crippen LogP contribution in [0.15, 0.2) is 48.5 Å². The van der Waals surface area contributed by atoms with Crippen molar-refractivity contribution in [3.05, 3.63) is 65.2 Å².